The Balaban J connectivity index is 2.17. The van der Waals surface area contributed by atoms with Crippen molar-refractivity contribution in [3.8, 4) is 0 Å². The minimum absolute atomic E-state index is 0.00348. The molecule has 1 heterocycles. The maximum absolute atomic E-state index is 14.6. The first kappa shape index (κ1) is 19.5. The van der Waals surface area contributed by atoms with Gasteiger partial charge in [-0.25, -0.2) is 18.8 Å². The zero-order valence-corrected chi connectivity index (χ0v) is 14.8. The fraction of sp³-hybridized carbons (Fsp3) is 0.471. The Morgan fingerprint density at radius 3 is 2.08 bits per heavy atom. The molecule has 8 nitrogen and oxygen atoms in total. The van der Waals surface area contributed by atoms with Crippen LogP contribution in [0.3, 0.4) is 0 Å². The zero-order chi connectivity index (χ0) is 19.6. The molecular weight excluding hydrogens is 347 g/mol. The summed E-state index contributed by atoms with van der Waals surface area (Å²) in [6.45, 7) is 6.36. The van der Waals surface area contributed by atoms with Crippen molar-refractivity contribution in [1.29, 1.82) is 0 Å². The second kappa shape index (κ2) is 7.19. The van der Waals surface area contributed by atoms with Crippen molar-refractivity contribution in [2.45, 2.75) is 26.4 Å². The van der Waals surface area contributed by atoms with Gasteiger partial charge in [0.1, 0.15) is 11.2 Å². The molecule has 0 bridgehead atoms. The van der Waals surface area contributed by atoms with Crippen LogP contribution in [0.5, 0.6) is 0 Å². The SMILES string of the molecule is CC(C)(C)OC(=O)N1CCN(c2ccc(C(=O)O)c(C(=O)O)c2F)CC1. The van der Waals surface area contributed by atoms with Gasteiger partial charge in [0, 0.05) is 26.2 Å². The summed E-state index contributed by atoms with van der Waals surface area (Å²) in [5, 5.41) is 18.2. The molecular formula is C17H21FN2O6. The third kappa shape index (κ3) is 4.22. The van der Waals surface area contributed by atoms with Gasteiger partial charge < -0.3 is 24.7 Å². The quantitative estimate of drug-likeness (QED) is 0.843. The Bertz CT molecular complexity index is 736. The third-order valence-electron chi connectivity index (χ3n) is 3.84. The van der Waals surface area contributed by atoms with Crippen molar-refractivity contribution in [2.24, 2.45) is 0 Å². The second-order valence-corrected chi connectivity index (χ2v) is 6.89. The monoisotopic (exact) mass is 368 g/mol. The molecule has 1 amide bonds. The van der Waals surface area contributed by atoms with Crippen LogP contribution in [0, 0.1) is 5.82 Å². The molecule has 1 fully saturated rings. The van der Waals surface area contributed by atoms with Crippen LogP contribution in [0.4, 0.5) is 14.9 Å². The van der Waals surface area contributed by atoms with Crippen molar-refractivity contribution in [1.82, 2.24) is 4.90 Å². The number of halogens is 1. The summed E-state index contributed by atoms with van der Waals surface area (Å²) in [6, 6.07) is 2.32. The van der Waals surface area contributed by atoms with Crippen LogP contribution in [0.15, 0.2) is 12.1 Å². The number of hydrogen-bond donors (Lipinski definition) is 2. The largest absolute Gasteiger partial charge is 0.478 e. The van der Waals surface area contributed by atoms with Gasteiger partial charge in [-0.05, 0) is 32.9 Å². The first-order chi connectivity index (χ1) is 12.0. The highest BCUT2D eigenvalue weighted by molar-refractivity contribution is 6.02. The Hall–Kier alpha value is -2.84. The first-order valence-corrected chi connectivity index (χ1v) is 8.03. The maximum atomic E-state index is 14.6. The van der Waals surface area contributed by atoms with Crippen molar-refractivity contribution in [3.63, 3.8) is 0 Å². The van der Waals surface area contributed by atoms with Crippen LogP contribution >= 0.6 is 0 Å². The van der Waals surface area contributed by atoms with Crippen molar-refractivity contribution < 1.29 is 33.7 Å². The van der Waals surface area contributed by atoms with Crippen LogP contribution in [0.2, 0.25) is 0 Å². The highest BCUT2D eigenvalue weighted by atomic mass is 19.1. The lowest BCUT2D eigenvalue weighted by atomic mass is 10.0. The fourth-order valence-corrected chi connectivity index (χ4v) is 2.65. The Labute approximate surface area is 149 Å². The Kier molecular flexibility index (Phi) is 5.38. The molecule has 0 aromatic heterocycles. The Morgan fingerprint density at radius 1 is 1.04 bits per heavy atom. The molecule has 0 spiro atoms. The lowest BCUT2D eigenvalue weighted by Gasteiger charge is -2.37. The van der Waals surface area contributed by atoms with E-state index in [2.05, 4.69) is 0 Å². The lowest BCUT2D eigenvalue weighted by Crippen LogP contribution is -2.50. The number of rotatable bonds is 3. The summed E-state index contributed by atoms with van der Waals surface area (Å²) in [4.78, 5) is 37.5. The smallest absolute Gasteiger partial charge is 0.410 e. The molecule has 1 saturated heterocycles. The highest BCUT2D eigenvalue weighted by Crippen LogP contribution is 2.27. The van der Waals surface area contributed by atoms with Crippen LogP contribution in [0.1, 0.15) is 41.5 Å². The van der Waals surface area contributed by atoms with Gasteiger partial charge in [-0.1, -0.05) is 0 Å². The summed E-state index contributed by atoms with van der Waals surface area (Å²) in [6.07, 6.45) is -0.468. The molecule has 142 valence electrons. The summed E-state index contributed by atoms with van der Waals surface area (Å²) >= 11 is 0. The number of carboxylic acid groups (broad SMARTS) is 2. The van der Waals surface area contributed by atoms with E-state index in [-0.39, 0.29) is 31.9 Å². The van der Waals surface area contributed by atoms with E-state index >= 15 is 0 Å². The van der Waals surface area contributed by atoms with Gasteiger partial charge >= 0.3 is 18.0 Å². The summed E-state index contributed by atoms with van der Waals surface area (Å²) in [7, 11) is 0. The van der Waals surface area contributed by atoms with E-state index in [1.807, 2.05) is 0 Å². The number of piperazine rings is 1. The Morgan fingerprint density at radius 2 is 1.62 bits per heavy atom. The van der Waals surface area contributed by atoms with Gasteiger partial charge in [0.25, 0.3) is 0 Å². The first-order valence-electron chi connectivity index (χ1n) is 8.03. The van der Waals surface area contributed by atoms with Crippen LogP contribution in [0.25, 0.3) is 0 Å². The number of amides is 1. The van der Waals surface area contributed by atoms with Gasteiger partial charge in [-0.2, -0.15) is 0 Å². The van der Waals surface area contributed by atoms with E-state index in [1.54, 1.807) is 25.7 Å². The van der Waals surface area contributed by atoms with E-state index in [9.17, 15) is 18.8 Å². The van der Waals surface area contributed by atoms with Gasteiger partial charge in [0.15, 0.2) is 5.82 Å². The fourth-order valence-electron chi connectivity index (χ4n) is 2.65. The number of nitrogens with zero attached hydrogens (tertiary/aromatic N) is 2. The molecule has 0 radical (unpaired) electrons. The van der Waals surface area contributed by atoms with Crippen molar-refractivity contribution in [2.75, 3.05) is 31.1 Å². The van der Waals surface area contributed by atoms with E-state index < -0.39 is 40.6 Å². The molecule has 0 atom stereocenters. The number of benzene rings is 1. The summed E-state index contributed by atoms with van der Waals surface area (Å²) in [5.41, 5.74) is -2.10. The third-order valence-corrected chi connectivity index (χ3v) is 3.84. The standard InChI is InChI=1S/C17H21FN2O6/c1-17(2,3)26-16(25)20-8-6-19(7-9-20)11-5-4-10(14(21)22)12(13(11)18)15(23)24/h4-5H,6-9H2,1-3H3,(H,21,22)(H,23,24). The zero-order valence-electron chi connectivity index (χ0n) is 14.8. The van der Waals surface area contributed by atoms with E-state index in [0.717, 1.165) is 6.07 Å². The number of carboxylic acids is 2. The average molecular weight is 368 g/mol. The number of anilines is 1. The van der Waals surface area contributed by atoms with E-state index in [1.165, 1.54) is 11.0 Å². The van der Waals surface area contributed by atoms with Crippen LogP contribution in [-0.4, -0.2) is 64.9 Å². The molecule has 26 heavy (non-hydrogen) atoms. The molecule has 0 unspecified atom stereocenters. The number of carbonyl (C=O) groups excluding carboxylic acids is 1. The van der Waals surface area contributed by atoms with Gasteiger partial charge in [0.05, 0.1) is 11.3 Å². The average Bonchev–Trinajstić information content (AvgIpc) is 2.52. The summed E-state index contributed by atoms with van der Waals surface area (Å²) in [5.74, 6) is -4.25. The van der Waals surface area contributed by atoms with Gasteiger partial charge in [-0.3, -0.25) is 0 Å². The minimum atomic E-state index is -1.64. The molecule has 1 aromatic carbocycles. The van der Waals surface area contributed by atoms with Crippen LogP contribution in [-0.2, 0) is 4.74 Å². The van der Waals surface area contributed by atoms with E-state index in [4.69, 9.17) is 14.9 Å². The molecule has 2 rings (SSSR count). The highest BCUT2D eigenvalue weighted by Gasteiger charge is 2.29. The van der Waals surface area contributed by atoms with Gasteiger partial charge in [-0.15, -0.1) is 0 Å². The molecule has 2 N–H and O–H groups in total. The normalized spacial score (nSPS) is 14.9. The number of ether oxygens (including phenoxy) is 1. The lowest BCUT2D eigenvalue weighted by molar-refractivity contribution is 0.0240. The predicted molar refractivity (Wildman–Crippen MR) is 90.3 cm³/mol. The number of hydrogen-bond acceptors (Lipinski definition) is 5. The summed E-state index contributed by atoms with van der Waals surface area (Å²) < 4.78 is 19.9. The number of aromatic carboxylic acids is 2. The molecule has 1 aromatic rings. The number of carbonyl (C=O) groups is 3. The van der Waals surface area contributed by atoms with Crippen molar-refractivity contribution >= 4 is 23.7 Å². The second-order valence-electron chi connectivity index (χ2n) is 6.89. The molecule has 0 saturated carbocycles. The molecule has 1 aliphatic heterocycles. The molecule has 0 aliphatic carbocycles. The van der Waals surface area contributed by atoms with Crippen LogP contribution < -0.4 is 4.90 Å². The molecule has 9 heteroatoms. The van der Waals surface area contributed by atoms with Crippen molar-refractivity contribution in [3.05, 3.63) is 29.1 Å². The predicted octanol–water partition coefficient (Wildman–Crippen LogP) is 2.28. The minimum Gasteiger partial charge on any atom is -0.478 e. The topological polar surface area (TPSA) is 107 Å². The molecule has 1 aliphatic rings. The van der Waals surface area contributed by atoms with E-state index in [0.29, 0.717) is 0 Å². The maximum Gasteiger partial charge on any atom is 0.410 e. The van der Waals surface area contributed by atoms with Gasteiger partial charge in [0.2, 0.25) is 0 Å².